The number of rotatable bonds is 6. The molecule has 2 nitrogen and oxygen atoms in total. The fraction of sp³-hybridized carbons (Fsp3) is 0.600. The van der Waals surface area contributed by atoms with Gasteiger partial charge in [0.05, 0.1) is 0 Å². The molecule has 1 aliphatic rings. The fourth-order valence-corrected chi connectivity index (χ4v) is 2.44. The van der Waals surface area contributed by atoms with E-state index in [1.807, 2.05) is 0 Å². The lowest BCUT2D eigenvalue weighted by molar-refractivity contribution is 0.181. The van der Waals surface area contributed by atoms with Gasteiger partial charge in [0.1, 0.15) is 0 Å². The first-order valence-corrected chi connectivity index (χ1v) is 6.76. The maximum atomic E-state index is 5.47. The molecule has 17 heavy (non-hydrogen) atoms. The van der Waals surface area contributed by atoms with Crippen molar-refractivity contribution >= 4 is 0 Å². The molecule has 1 heterocycles. The molecule has 2 unspecified atom stereocenters. The summed E-state index contributed by atoms with van der Waals surface area (Å²) in [5.74, 6) is 0.726. The van der Waals surface area contributed by atoms with Crippen LogP contribution in [0.3, 0.4) is 0 Å². The standard InChI is InChI=1S/C15H23NO/c1-2-9-16-15(11-13-8-10-17-12-13)14-6-4-3-5-7-14/h3-7,13,15-16H,2,8-12H2,1H3. The molecule has 2 rings (SSSR count). The highest BCUT2D eigenvalue weighted by molar-refractivity contribution is 5.19. The maximum Gasteiger partial charge on any atom is 0.0495 e. The molecule has 0 aliphatic carbocycles. The van der Waals surface area contributed by atoms with Crippen molar-refractivity contribution in [3.05, 3.63) is 35.9 Å². The molecule has 0 amide bonds. The summed E-state index contributed by atoms with van der Waals surface area (Å²) in [4.78, 5) is 0. The van der Waals surface area contributed by atoms with Crippen molar-refractivity contribution < 1.29 is 4.74 Å². The number of hydrogen-bond acceptors (Lipinski definition) is 2. The SMILES string of the molecule is CCCNC(CC1CCOC1)c1ccccc1. The molecule has 1 aromatic rings. The summed E-state index contributed by atoms with van der Waals surface area (Å²) in [5, 5.41) is 3.66. The van der Waals surface area contributed by atoms with Crippen molar-refractivity contribution in [3.63, 3.8) is 0 Å². The largest absolute Gasteiger partial charge is 0.381 e. The van der Waals surface area contributed by atoms with Gasteiger partial charge in [-0.05, 0) is 37.3 Å². The summed E-state index contributed by atoms with van der Waals surface area (Å²) in [5.41, 5.74) is 1.41. The van der Waals surface area contributed by atoms with Crippen molar-refractivity contribution in [1.29, 1.82) is 0 Å². The van der Waals surface area contributed by atoms with Gasteiger partial charge in [0.15, 0.2) is 0 Å². The Balaban J connectivity index is 1.97. The average Bonchev–Trinajstić information content (AvgIpc) is 2.88. The third-order valence-electron chi connectivity index (χ3n) is 3.44. The number of nitrogens with one attached hydrogen (secondary N) is 1. The first-order chi connectivity index (χ1) is 8.40. The zero-order chi connectivity index (χ0) is 11.9. The van der Waals surface area contributed by atoms with E-state index in [4.69, 9.17) is 4.74 Å². The zero-order valence-electron chi connectivity index (χ0n) is 10.7. The van der Waals surface area contributed by atoms with Gasteiger partial charge in [-0.25, -0.2) is 0 Å². The van der Waals surface area contributed by atoms with Crippen LogP contribution in [-0.4, -0.2) is 19.8 Å². The molecule has 94 valence electrons. The summed E-state index contributed by atoms with van der Waals surface area (Å²) >= 11 is 0. The van der Waals surface area contributed by atoms with Gasteiger partial charge in [-0.15, -0.1) is 0 Å². The molecular weight excluding hydrogens is 210 g/mol. The summed E-state index contributed by atoms with van der Waals surface area (Å²) < 4.78 is 5.47. The van der Waals surface area contributed by atoms with E-state index in [0.29, 0.717) is 6.04 Å². The first kappa shape index (κ1) is 12.6. The minimum Gasteiger partial charge on any atom is -0.381 e. The normalized spacial score (nSPS) is 21.6. The molecule has 0 saturated carbocycles. The topological polar surface area (TPSA) is 21.3 Å². The highest BCUT2D eigenvalue weighted by Crippen LogP contribution is 2.26. The highest BCUT2D eigenvalue weighted by atomic mass is 16.5. The van der Waals surface area contributed by atoms with Crippen molar-refractivity contribution in [3.8, 4) is 0 Å². The van der Waals surface area contributed by atoms with Gasteiger partial charge in [0.25, 0.3) is 0 Å². The van der Waals surface area contributed by atoms with Crippen LogP contribution in [0.1, 0.15) is 37.8 Å². The molecule has 1 saturated heterocycles. The second-order valence-electron chi connectivity index (χ2n) is 4.88. The zero-order valence-corrected chi connectivity index (χ0v) is 10.7. The number of ether oxygens (including phenoxy) is 1. The van der Waals surface area contributed by atoms with Crippen molar-refractivity contribution in [2.45, 2.75) is 32.2 Å². The third-order valence-corrected chi connectivity index (χ3v) is 3.44. The molecule has 2 atom stereocenters. The Morgan fingerprint density at radius 2 is 2.18 bits per heavy atom. The van der Waals surface area contributed by atoms with Crippen LogP contribution in [0.4, 0.5) is 0 Å². The molecule has 0 radical (unpaired) electrons. The summed E-state index contributed by atoms with van der Waals surface area (Å²) in [7, 11) is 0. The van der Waals surface area contributed by atoms with Crippen LogP contribution in [0, 0.1) is 5.92 Å². The van der Waals surface area contributed by atoms with Gasteiger partial charge in [0, 0.05) is 19.3 Å². The minimum atomic E-state index is 0.489. The average molecular weight is 233 g/mol. The van der Waals surface area contributed by atoms with Gasteiger partial charge in [-0.2, -0.15) is 0 Å². The molecule has 0 aromatic heterocycles. The van der Waals surface area contributed by atoms with Gasteiger partial charge < -0.3 is 10.1 Å². The quantitative estimate of drug-likeness (QED) is 0.815. The van der Waals surface area contributed by atoms with Crippen molar-refractivity contribution in [2.75, 3.05) is 19.8 Å². The van der Waals surface area contributed by atoms with E-state index >= 15 is 0 Å². The van der Waals surface area contributed by atoms with Crippen LogP contribution in [0.25, 0.3) is 0 Å². The molecule has 0 spiro atoms. The predicted molar refractivity (Wildman–Crippen MR) is 71.0 cm³/mol. The van der Waals surface area contributed by atoms with Gasteiger partial charge in [-0.3, -0.25) is 0 Å². The van der Waals surface area contributed by atoms with Gasteiger partial charge in [0.2, 0.25) is 0 Å². The lowest BCUT2D eigenvalue weighted by atomic mass is 9.94. The maximum absolute atomic E-state index is 5.47. The number of hydrogen-bond donors (Lipinski definition) is 1. The molecule has 1 N–H and O–H groups in total. The summed E-state index contributed by atoms with van der Waals surface area (Å²) in [6, 6.07) is 11.3. The summed E-state index contributed by atoms with van der Waals surface area (Å²) in [6.07, 6.45) is 3.60. The van der Waals surface area contributed by atoms with Crippen LogP contribution < -0.4 is 5.32 Å². The Morgan fingerprint density at radius 1 is 1.35 bits per heavy atom. The monoisotopic (exact) mass is 233 g/mol. The van der Waals surface area contributed by atoms with Gasteiger partial charge in [-0.1, -0.05) is 37.3 Å². The molecular formula is C15H23NO. The first-order valence-electron chi connectivity index (χ1n) is 6.76. The Hall–Kier alpha value is -0.860. The van der Waals surface area contributed by atoms with E-state index in [2.05, 4.69) is 42.6 Å². The van der Waals surface area contributed by atoms with Gasteiger partial charge >= 0.3 is 0 Å². The van der Waals surface area contributed by atoms with E-state index in [1.165, 1.54) is 24.8 Å². The minimum absolute atomic E-state index is 0.489. The van der Waals surface area contributed by atoms with E-state index in [9.17, 15) is 0 Å². The predicted octanol–water partition coefficient (Wildman–Crippen LogP) is 3.15. The van der Waals surface area contributed by atoms with E-state index in [0.717, 1.165) is 25.7 Å². The molecule has 2 heteroatoms. The lowest BCUT2D eigenvalue weighted by Gasteiger charge is -2.21. The summed E-state index contributed by atoms with van der Waals surface area (Å²) in [6.45, 7) is 5.19. The van der Waals surface area contributed by atoms with E-state index < -0.39 is 0 Å². The molecule has 0 bridgehead atoms. The van der Waals surface area contributed by atoms with Crippen LogP contribution in [-0.2, 0) is 4.74 Å². The molecule has 1 aliphatic heterocycles. The van der Waals surface area contributed by atoms with E-state index in [-0.39, 0.29) is 0 Å². The van der Waals surface area contributed by atoms with E-state index in [1.54, 1.807) is 0 Å². The lowest BCUT2D eigenvalue weighted by Crippen LogP contribution is -2.24. The van der Waals surface area contributed by atoms with Crippen molar-refractivity contribution in [2.24, 2.45) is 5.92 Å². The Bertz CT molecular complexity index is 306. The number of benzene rings is 1. The van der Waals surface area contributed by atoms with Crippen LogP contribution >= 0.6 is 0 Å². The molecule has 1 aromatic carbocycles. The Morgan fingerprint density at radius 3 is 2.82 bits per heavy atom. The van der Waals surface area contributed by atoms with Crippen LogP contribution in [0.5, 0.6) is 0 Å². The second-order valence-corrected chi connectivity index (χ2v) is 4.88. The second kappa shape index (κ2) is 6.77. The van der Waals surface area contributed by atoms with Crippen LogP contribution in [0.15, 0.2) is 30.3 Å². The Kier molecular flexibility index (Phi) is 5.02. The fourth-order valence-electron chi connectivity index (χ4n) is 2.44. The highest BCUT2D eigenvalue weighted by Gasteiger charge is 2.21. The Labute approximate surface area is 104 Å². The third kappa shape index (κ3) is 3.83. The smallest absolute Gasteiger partial charge is 0.0495 e. The van der Waals surface area contributed by atoms with Crippen molar-refractivity contribution in [1.82, 2.24) is 5.32 Å². The molecule has 1 fully saturated rings. The van der Waals surface area contributed by atoms with Crippen LogP contribution in [0.2, 0.25) is 0 Å².